The monoisotopic (exact) mass is 408 g/mol. The van der Waals surface area contributed by atoms with E-state index in [2.05, 4.69) is 10.1 Å². The Labute approximate surface area is 161 Å². The van der Waals surface area contributed by atoms with Gasteiger partial charge < -0.3 is 4.74 Å². The van der Waals surface area contributed by atoms with Gasteiger partial charge in [0.1, 0.15) is 10.6 Å². The molecule has 0 fully saturated rings. The number of ether oxygens (including phenoxy) is 1. The standard InChI is InChI=1S/C18H18F2N4O3S/c1-13-17(12-23(22-13)18(19)20)28(25,26)24(11-14-4-3-9-21-10-14)15-5-7-16(27-2)8-6-15/h3-10,12,18H,11H2,1-2H3. The van der Waals surface area contributed by atoms with Crippen LogP contribution in [0.4, 0.5) is 14.5 Å². The molecule has 0 radical (unpaired) electrons. The van der Waals surface area contributed by atoms with Crippen molar-refractivity contribution in [2.24, 2.45) is 0 Å². The zero-order valence-electron chi connectivity index (χ0n) is 15.2. The predicted molar refractivity (Wildman–Crippen MR) is 98.8 cm³/mol. The van der Waals surface area contributed by atoms with Crippen molar-refractivity contribution in [3.8, 4) is 5.75 Å². The first-order chi connectivity index (χ1) is 13.3. The second kappa shape index (κ2) is 7.93. The number of aryl methyl sites for hydroxylation is 1. The van der Waals surface area contributed by atoms with Gasteiger partial charge in [-0.1, -0.05) is 6.07 Å². The van der Waals surface area contributed by atoms with Gasteiger partial charge in [0.2, 0.25) is 0 Å². The summed E-state index contributed by atoms with van der Waals surface area (Å²) in [4.78, 5) is 3.72. The highest BCUT2D eigenvalue weighted by Crippen LogP contribution is 2.29. The molecule has 7 nitrogen and oxygen atoms in total. The minimum Gasteiger partial charge on any atom is -0.497 e. The van der Waals surface area contributed by atoms with Crippen LogP contribution < -0.4 is 9.04 Å². The summed E-state index contributed by atoms with van der Waals surface area (Å²) in [6, 6.07) is 9.83. The molecule has 0 N–H and O–H groups in total. The largest absolute Gasteiger partial charge is 0.497 e. The Balaban J connectivity index is 2.08. The van der Waals surface area contributed by atoms with Crippen LogP contribution in [0.3, 0.4) is 0 Å². The van der Waals surface area contributed by atoms with Gasteiger partial charge in [-0.25, -0.2) is 13.1 Å². The third-order valence-electron chi connectivity index (χ3n) is 4.05. The summed E-state index contributed by atoms with van der Waals surface area (Å²) in [5, 5.41) is 3.62. The number of hydrogen-bond donors (Lipinski definition) is 0. The average molecular weight is 408 g/mol. The van der Waals surface area contributed by atoms with Gasteiger partial charge >= 0.3 is 6.55 Å². The van der Waals surface area contributed by atoms with Crippen molar-refractivity contribution in [3.63, 3.8) is 0 Å². The number of halogens is 2. The van der Waals surface area contributed by atoms with Gasteiger partial charge in [0, 0.05) is 12.4 Å². The summed E-state index contributed by atoms with van der Waals surface area (Å²) in [6.07, 6.45) is 3.96. The van der Waals surface area contributed by atoms with Gasteiger partial charge in [-0.15, -0.1) is 0 Å². The first kappa shape index (κ1) is 19.7. The fourth-order valence-corrected chi connectivity index (χ4v) is 4.27. The molecule has 0 saturated carbocycles. The molecule has 2 heterocycles. The normalized spacial score (nSPS) is 11.6. The number of pyridine rings is 1. The summed E-state index contributed by atoms with van der Waals surface area (Å²) in [5.41, 5.74) is 0.986. The van der Waals surface area contributed by atoms with E-state index >= 15 is 0 Å². The molecule has 0 aliphatic rings. The number of anilines is 1. The van der Waals surface area contributed by atoms with E-state index < -0.39 is 16.6 Å². The first-order valence-electron chi connectivity index (χ1n) is 8.22. The van der Waals surface area contributed by atoms with E-state index in [1.165, 1.54) is 14.0 Å². The van der Waals surface area contributed by atoms with Crippen LogP contribution >= 0.6 is 0 Å². The Kier molecular flexibility index (Phi) is 5.59. The van der Waals surface area contributed by atoms with Gasteiger partial charge in [-0.3, -0.25) is 9.29 Å². The molecule has 0 aliphatic heterocycles. The number of nitrogens with zero attached hydrogens (tertiary/aromatic N) is 4. The number of hydrogen-bond acceptors (Lipinski definition) is 5. The van der Waals surface area contributed by atoms with E-state index in [0.29, 0.717) is 21.7 Å². The summed E-state index contributed by atoms with van der Waals surface area (Å²) < 4.78 is 59.2. The lowest BCUT2D eigenvalue weighted by Crippen LogP contribution is -2.30. The van der Waals surface area contributed by atoms with E-state index in [-0.39, 0.29) is 17.1 Å². The van der Waals surface area contributed by atoms with Crippen LogP contribution in [-0.2, 0) is 16.6 Å². The van der Waals surface area contributed by atoms with E-state index in [1.807, 2.05) is 0 Å². The molecule has 0 bridgehead atoms. The molecule has 3 aromatic rings. The lowest BCUT2D eigenvalue weighted by atomic mass is 10.2. The SMILES string of the molecule is COc1ccc(N(Cc2cccnc2)S(=O)(=O)c2cn(C(F)F)nc2C)cc1. The van der Waals surface area contributed by atoms with Crippen molar-refractivity contribution in [1.82, 2.24) is 14.8 Å². The maximum absolute atomic E-state index is 13.3. The number of benzene rings is 1. The number of alkyl halides is 2. The van der Waals surface area contributed by atoms with Crippen LogP contribution in [0, 0.1) is 6.92 Å². The van der Waals surface area contributed by atoms with Crippen LogP contribution in [0.5, 0.6) is 5.75 Å². The maximum atomic E-state index is 13.3. The number of rotatable bonds is 7. The topological polar surface area (TPSA) is 77.3 Å². The Bertz CT molecular complexity index is 1040. The highest BCUT2D eigenvalue weighted by atomic mass is 32.2. The molecular formula is C18H18F2N4O3S. The van der Waals surface area contributed by atoms with E-state index in [9.17, 15) is 17.2 Å². The zero-order valence-corrected chi connectivity index (χ0v) is 16.0. The fraction of sp³-hybridized carbons (Fsp3) is 0.222. The lowest BCUT2D eigenvalue weighted by Gasteiger charge is -2.24. The van der Waals surface area contributed by atoms with Crippen molar-refractivity contribution in [1.29, 1.82) is 0 Å². The average Bonchev–Trinajstić information content (AvgIpc) is 3.10. The fourth-order valence-electron chi connectivity index (χ4n) is 2.66. The Morgan fingerprint density at radius 2 is 1.93 bits per heavy atom. The summed E-state index contributed by atoms with van der Waals surface area (Å²) in [6.45, 7) is -1.58. The van der Waals surface area contributed by atoms with Crippen molar-refractivity contribution < 1.29 is 21.9 Å². The molecule has 0 unspecified atom stereocenters. The van der Waals surface area contributed by atoms with Gasteiger partial charge in [0.25, 0.3) is 10.0 Å². The van der Waals surface area contributed by atoms with Crippen LogP contribution in [0.15, 0.2) is 59.9 Å². The molecule has 0 atom stereocenters. The molecule has 0 aliphatic carbocycles. The van der Waals surface area contributed by atoms with Crippen molar-refractivity contribution in [2.45, 2.75) is 24.9 Å². The van der Waals surface area contributed by atoms with Crippen LogP contribution in [0.25, 0.3) is 0 Å². The molecular weight excluding hydrogens is 390 g/mol. The van der Waals surface area contributed by atoms with Crippen LogP contribution in [0.2, 0.25) is 0 Å². The minimum atomic E-state index is -4.17. The molecule has 0 amide bonds. The molecule has 1 aromatic carbocycles. The molecule has 0 spiro atoms. The van der Waals surface area contributed by atoms with Gasteiger partial charge in [-0.2, -0.15) is 13.9 Å². The van der Waals surface area contributed by atoms with Crippen molar-refractivity contribution in [3.05, 3.63) is 66.2 Å². The zero-order chi connectivity index (χ0) is 20.3. The van der Waals surface area contributed by atoms with Crippen molar-refractivity contribution >= 4 is 15.7 Å². The van der Waals surface area contributed by atoms with Crippen LogP contribution in [-0.4, -0.2) is 30.3 Å². The van der Waals surface area contributed by atoms with E-state index in [4.69, 9.17) is 4.74 Å². The highest BCUT2D eigenvalue weighted by molar-refractivity contribution is 7.92. The van der Waals surface area contributed by atoms with Crippen LogP contribution in [0.1, 0.15) is 17.8 Å². The molecule has 2 aromatic heterocycles. The van der Waals surface area contributed by atoms with E-state index in [0.717, 1.165) is 10.5 Å². The van der Waals surface area contributed by atoms with Gasteiger partial charge in [0.15, 0.2) is 0 Å². The Morgan fingerprint density at radius 1 is 1.21 bits per heavy atom. The predicted octanol–water partition coefficient (Wildman–Crippen LogP) is 3.39. The first-order valence-corrected chi connectivity index (χ1v) is 9.66. The van der Waals surface area contributed by atoms with Crippen molar-refractivity contribution in [2.75, 3.05) is 11.4 Å². The minimum absolute atomic E-state index is 0.00926. The number of methoxy groups -OCH3 is 1. The number of sulfonamides is 1. The summed E-state index contributed by atoms with van der Waals surface area (Å²) in [7, 11) is -2.67. The van der Waals surface area contributed by atoms with Gasteiger partial charge in [-0.05, 0) is 42.8 Å². The third-order valence-corrected chi connectivity index (χ3v) is 5.93. The second-order valence-corrected chi connectivity index (χ2v) is 7.74. The molecule has 3 rings (SSSR count). The second-order valence-electron chi connectivity index (χ2n) is 5.91. The summed E-state index contributed by atoms with van der Waals surface area (Å²) >= 11 is 0. The lowest BCUT2D eigenvalue weighted by molar-refractivity contribution is 0.0561. The highest BCUT2D eigenvalue weighted by Gasteiger charge is 2.30. The van der Waals surface area contributed by atoms with E-state index in [1.54, 1.807) is 48.8 Å². The smallest absolute Gasteiger partial charge is 0.333 e. The Hall–Kier alpha value is -3.01. The number of aromatic nitrogens is 3. The Morgan fingerprint density at radius 3 is 2.46 bits per heavy atom. The molecule has 10 heteroatoms. The molecule has 28 heavy (non-hydrogen) atoms. The molecule has 0 saturated heterocycles. The molecule has 148 valence electrons. The quantitative estimate of drug-likeness (QED) is 0.599. The summed E-state index contributed by atoms with van der Waals surface area (Å²) in [5.74, 6) is 0.559. The maximum Gasteiger partial charge on any atom is 0.333 e. The van der Waals surface area contributed by atoms with Gasteiger partial charge in [0.05, 0.1) is 31.2 Å². The third kappa shape index (κ3) is 3.96.